The van der Waals surface area contributed by atoms with Crippen LogP contribution in [-0.2, 0) is 9.59 Å². The van der Waals surface area contributed by atoms with Crippen LogP contribution in [0, 0.1) is 5.92 Å². The lowest BCUT2D eigenvalue weighted by molar-refractivity contribution is -0.126. The molecule has 2 aliphatic heterocycles. The van der Waals surface area contributed by atoms with E-state index in [1.165, 1.54) is 0 Å². The number of carbonyl (C=O) groups is 2. The lowest BCUT2D eigenvalue weighted by atomic mass is 10.1. The molecule has 1 saturated heterocycles. The van der Waals surface area contributed by atoms with Crippen LogP contribution >= 0.6 is 0 Å². The van der Waals surface area contributed by atoms with Crippen LogP contribution in [0.3, 0.4) is 0 Å². The number of piperidine rings is 1. The highest BCUT2D eigenvalue weighted by molar-refractivity contribution is 6.43. The van der Waals surface area contributed by atoms with Crippen LogP contribution in [-0.4, -0.2) is 46.2 Å². The summed E-state index contributed by atoms with van der Waals surface area (Å²) in [7, 11) is 0. The van der Waals surface area contributed by atoms with Crippen LogP contribution in [0.5, 0.6) is 0 Å². The van der Waals surface area contributed by atoms with Gasteiger partial charge in [-0.1, -0.05) is 0 Å². The van der Waals surface area contributed by atoms with E-state index in [1.807, 2.05) is 0 Å². The number of nitrogens with zero attached hydrogens (tertiary/aromatic N) is 2. The van der Waals surface area contributed by atoms with Crippen molar-refractivity contribution in [3.05, 3.63) is 0 Å². The number of hydrazone groups is 1. The number of rotatable bonds is 1. The van der Waals surface area contributed by atoms with Crippen LogP contribution < -0.4 is 5.43 Å². The maximum atomic E-state index is 11.9. The Kier molecular flexibility index (Phi) is 1.85. The summed E-state index contributed by atoms with van der Waals surface area (Å²) in [5, 5.41) is 13.5. The molecule has 1 saturated carbocycles. The fraction of sp³-hybridized carbons (Fsp3) is 0.700. The molecule has 1 aliphatic carbocycles. The Morgan fingerprint density at radius 1 is 1.62 bits per heavy atom. The smallest absolute Gasteiger partial charge is 0.270 e. The standard InChI is InChI=1S/C10H13N3O3/c14-8-3-7(11-12-8)9(15)13-2-1-10(16)4-6(10)5-13/h6,16H,1-5H2,(H,12,14)/t6-,10+/m0/s1. The van der Waals surface area contributed by atoms with Crippen LogP contribution in [0.1, 0.15) is 19.3 Å². The summed E-state index contributed by atoms with van der Waals surface area (Å²) >= 11 is 0. The lowest BCUT2D eigenvalue weighted by Crippen LogP contribution is -2.44. The molecule has 6 heteroatoms. The van der Waals surface area contributed by atoms with E-state index in [4.69, 9.17) is 0 Å². The average molecular weight is 223 g/mol. The van der Waals surface area contributed by atoms with Crippen molar-refractivity contribution in [1.29, 1.82) is 0 Å². The number of nitrogens with one attached hydrogen (secondary N) is 1. The Balaban J connectivity index is 1.66. The lowest BCUT2D eigenvalue weighted by Gasteiger charge is -2.28. The molecule has 0 spiro atoms. The number of likely N-dealkylation sites (tertiary alicyclic amines) is 1. The van der Waals surface area contributed by atoms with E-state index >= 15 is 0 Å². The predicted molar refractivity (Wildman–Crippen MR) is 54.4 cm³/mol. The molecular weight excluding hydrogens is 210 g/mol. The van der Waals surface area contributed by atoms with Crippen LogP contribution in [0.4, 0.5) is 0 Å². The predicted octanol–water partition coefficient (Wildman–Crippen LogP) is -1.15. The average Bonchev–Trinajstić information content (AvgIpc) is 2.74. The molecule has 0 aromatic rings. The molecule has 2 N–H and O–H groups in total. The number of aliphatic hydroxyl groups is 1. The second-order valence-electron chi connectivity index (χ2n) is 4.78. The van der Waals surface area contributed by atoms with Crippen molar-refractivity contribution in [3.63, 3.8) is 0 Å². The highest BCUT2D eigenvalue weighted by Gasteiger charge is 2.56. The normalized spacial score (nSPS) is 36.6. The molecule has 2 heterocycles. The van der Waals surface area contributed by atoms with E-state index in [0.717, 1.165) is 6.42 Å². The minimum absolute atomic E-state index is 0.0737. The zero-order valence-corrected chi connectivity index (χ0v) is 8.77. The van der Waals surface area contributed by atoms with E-state index in [-0.39, 0.29) is 29.9 Å². The van der Waals surface area contributed by atoms with Gasteiger partial charge in [0.2, 0.25) is 5.91 Å². The molecule has 0 bridgehead atoms. The van der Waals surface area contributed by atoms with Crippen molar-refractivity contribution < 1.29 is 14.7 Å². The van der Waals surface area contributed by atoms with E-state index in [2.05, 4.69) is 10.5 Å². The molecule has 0 unspecified atom stereocenters. The van der Waals surface area contributed by atoms with Gasteiger partial charge in [-0.3, -0.25) is 9.59 Å². The molecule has 0 radical (unpaired) electrons. The fourth-order valence-corrected chi connectivity index (χ4v) is 2.45. The zero-order valence-electron chi connectivity index (χ0n) is 8.77. The van der Waals surface area contributed by atoms with E-state index in [0.29, 0.717) is 19.5 Å². The monoisotopic (exact) mass is 223 g/mol. The molecule has 86 valence electrons. The Morgan fingerprint density at radius 3 is 3.06 bits per heavy atom. The summed E-state index contributed by atoms with van der Waals surface area (Å²) in [6, 6.07) is 0. The first-order valence-electron chi connectivity index (χ1n) is 5.45. The molecule has 2 amide bonds. The summed E-state index contributed by atoms with van der Waals surface area (Å²) in [5.74, 6) is -0.188. The van der Waals surface area contributed by atoms with Crippen molar-refractivity contribution in [2.24, 2.45) is 11.0 Å². The zero-order chi connectivity index (χ0) is 11.3. The van der Waals surface area contributed by atoms with E-state index in [9.17, 15) is 14.7 Å². The summed E-state index contributed by atoms with van der Waals surface area (Å²) in [6.45, 7) is 1.14. The molecule has 6 nitrogen and oxygen atoms in total. The van der Waals surface area contributed by atoms with Gasteiger partial charge in [0.25, 0.3) is 5.91 Å². The second-order valence-corrected chi connectivity index (χ2v) is 4.78. The van der Waals surface area contributed by atoms with Gasteiger partial charge < -0.3 is 10.0 Å². The molecule has 3 rings (SSSR count). The van der Waals surface area contributed by atoms with Crippen molar-refractivity contribution in [1.82, 2.24) is 10.3 Å². The van der Waals surface area contributed by atoms with Crippen molar-refractivity contribution in [2.75, 3.05) is 13.1 Å². The van der Waals surface area contributed by atoms with E-state index in [1.54, 1.807) is 4.90 Å². The van der Waals surface area contributed by atoms with Crippen LogP contribution in [0.2, 0.25) is 0 Å². The van der Waals surface area contributed by atoms with Crippen LogP contribution in [0.15, 0.2) is 5.10 Å². The Labute approximate surface area is 92.3 Å². The number of hydrogen-bond donors (Lipinski definition) is 2. The molecule has 2 fully saturated rings. The third kappa shape index (κ3) is 1.41. The maximum Gasteiger partial charge on any atom is 0.270 e. The van der Waals surface area contributed by atoms with Gasteiger partial charge in [0, 0.05) is 19.0 Å². The summed E-state index contributed by atoms with van der Waals surface area (Å²) < 4.78 is 0. The van der Waals surface area contributed by atoms with Crippen molar-refractivity contribution in [3.8, 4) is 0 Å². The molecule has 0 aromatic heterocycles. The van der Waals surface area contributed by atoms with Crippen molar-refractivity contribution >= 4 is 17.5 Å². The first-order valence-corrected chi connectivity index (χ1v) is 5.45. The quantitative estimate of drug-likeness (QED) is 0.588. The largest absolute Gasteiger partial charge is 0.389 e. The topological polar surface area (TPSA) is 82.0 Å². The minimum Gasteiger partial charge on any atom is -0.389 e. The number of fused-ring (bicyclic) bond motifs is 1. The fourth-order valence-electron chi connectivity index (χ4n) is 2.45. The molecule has 2 atom stereocenters. The third-order valence-corrected chi connectivity index (χ3v) is 3.63. The van der Waals surface area contributed by atoms with Gasteiger partial charge in [-0.2, -0.15) is 5.10 Å². The summed E-state index contributed by atoms with van der Waals surface area (Å²) in [6.07, 6.45) is 1.50. The minimum atomic E-state index is -0.512. The summed E-state index contributed by atoms with van der Waals surface area (Å²) in [4.78, 5) is 24.5. The van der Waals surface area contributed by atoms with Crippen molar-refractivity contribution in [2.45, 2.75) is 24.9 Å². The number of hydrogen-bond acceptors (Lipinski definition) is 4. The Morgan fingerprint density at radius 2 is 2.44 bits per heavy atom. The highest BCUT2D eigenvalue weighted by atomic mass is 16.3. The van der Waals surface area contributed by atoms with Gasteiger partial charge in [0.05, 0.1) is 12.0 Å². The highest BCUT2D eigenvalue weighted by Crippen LogP contribution is 2.49. The molecular formula is C10H13N3O3. The SMILES string of the molecule is O=C1CC(C(=O)N2CC[C@@]3(O)C[C@H]3C2)=NN1. The van der Waals surface area contributed by atoms with Gasteiger partial charge in [0.15, 0.2) is 0 Å². The Hall–Kier alpha value is -1.43. The second kappa shape index (κ2) is 3.04. The number of carbonyl (C=O) groups excluding carboxylic acids is 2. The van der Waals surface area contributed by atoms with Gasteiger partial charge in [-0.05, 0) is 12.8 Å². The third-order valence-electron chi connectivity index (χ3n) is 3.63. The molecule has 3 aliphatic rings. The van der Waals surface area contributed by atoms with E-state index < -0.39 is 5.60 Å². The van der Waals surface area contributed by atoms with Gasteiger partial charge in [-0.15, -0.1) is 0 Å². The first-order chi connectivity index (χ1) is 7.58. The van der Waals surface area contributed by atoms with Gasteiger partial charge >= 0.3 is 0 Å². The van der Waals surface area contributed by atoms with Gasteiger partial charge in [0.1, 0.15) is 5.71 Å². The first kappa shape index (κ1) is 9.77. The molecule has 0 aromatic carbocycles. The van der Waals surface area contributed by atoms with Crippen LogP contribution in [0.25, 0.3) is 0 Å². The maximum absolute atomic E-state index is 11.9. The summed E-state index contributed by atoms with van der Waals surface area (Å²) in [5.41, 5.74) is 2.05. The molecule has 16 heavy (non-hydrogen) atoms. The Bertz CT molecular complexity index is 406. The number of amides is 2. The van der Waals surface area contributed by atoms with Gasteiger partial charge in [-0.25, -0.2) is 5.43 Å².